The van der Waals surface area contributed by atoms with Crippen molar-refractivity contribution in [2.45, 2.75) is 25.4 Å². The van der Waals surface area contributed by atoms with Gasteiger partial charge in [0.1, 0.15) is 6.07 Å². The van der Waals surface area contributed by atoms with Crippen LogP contribution < -0.4 is 0 Å². The Hall–Kier alpha value is -2.46. The van der Waals surface area contributed by atoms with Gasteiger partial charge >= 0.3 is 0 Å². The molecule has 0 N–H and O–H groups in total. The van der Waals surface area contributed by atoms with Crippen molar-refractivity contribution < 1.29 is 0 Å². The second kappa shape index (κ2) is 5.25. The molecule has 0 saturated carbocycles. The van der Waals surface area contributed by atoms with Crippen molar-refractivity contribution in [1.29, 1.82) is 10.5 Å². The van der Waals surface area contributed by atoms with Crippen molar-refractivity contribution >= 4 is 11.4 Å². The molecule has 18 heavy (non-hydrogen) atoms. The monoisotopic (exact) mass is 236 g/mol. The first-order valence-corrected chi connectivity index (χ1v) is 5.70. The average molecular weight is 236 g/mol. The fourth-order valence-corrected chi connectivity index (χ4v) is 1.95. The molecule has 0 bridgehead atoms. The highest BCUT2D eigenvalue weighted by atomic mass is 14.9. The highest BCUT2D eigenvalue weighted by Gasteiger charge is 2.22. The van der Waals surface area contributed by atoms with E-state index in [4.69, 9.17) is 10.5 Å². The fourth-order valence-electron chi connectivity index (χ4n) is 1.95. The summed E-state index contributed by atoms with van der Waals surface area (Å²) in [6.07, 6.45) is 0.646. The van der Waals surface area contributed by atoms with Crippen molar-refractivity contribution in [3.63, 3.8) is 0 Å². The molecule has 0 aliphatic carbocycles. The van der Waals surface area contributed by atoms with E-state index in [0.717, 1.165) is 11.3 Å². The molecule has 0 amide bonds. The van der Waals surface area contributed by atoms with Crippen molar-refractivity contribution in [2.75, 3.05) is 0 Å². The highest BCUT2D eigenvalue weighted by Crippen LogP contribution is 2.24. The minimum atomic E-state index is -0.760. The van der Waals surface area contributed by atoms with Gasteiger partial charge < -0.3 is 0 Å². The highest BCUT2D eigenvalue weighted by molar-refractivity contribution is 6.06. The summed E-state index contributed by atoms with van der Waals surface area (Å²) in [5, 5.41) is 18.1. The van der Waals surface area contributed by atoms with Gasteiger partial charge in [-0.3, -0.25) is 9.98 Å². The van der Waals surface area contributed by atoms with Crippen molar-refractivity contribution in [3.8, 4) is 12.1 Å². The third-order valence-corrected chi connectivity index (χ3v) is 2.81. The zero-order chi connectivity index (χ0) is 13.0. The maximum absolute atomic E-state index is 9.07. The molecule has 0 fully saturated rings. The zero-order valence-electron chi connectivity index (χ0n) is 10.0. The van der Waals surface area contributed by atoms with Crippen LogP contribution in [0.25, 0.3) is 0 Å². The maximum Gasteiger partial charge on any atom is 0.187 e. The summed E-state index contributed by atoms with van der Waals surface area (Å²) in [5.74, 6) is 0. The molecular weight excluding hydrogens is 224 g/mol. The molecule has 1 aromatic rings. The first-order valence-electron chi connectivity index (χ1n) is 5.70. The lowest BCUT2D eigenvalue weighted by Crippen LogP contribution is -2.14. The van der Waals surface area contributed by atoms with E-state index in [2.05, 4.69) is 9.98 Å². The van der Waals surface area contributed by atoms with Crippen molar-refractivity contribution in [3.05, 3.63) is 35.9 Å². The van der Waals surface area contributed by atoms with Gasteiger partial charge in [0.25, 0.3) is 0 Å². The van der Waals surface area contributed by atoms with Gasteiger partial charge in [0, 0.05) is 12.1 Å². The predicted octanol–water partition coefficient (Wildman–Crippen LogP) is 2.45. The van der Waals surface area contributed by atoms with E-state index in [1.165, 1.54) is 0 Å². The number of aliphatic imine (C=N–C) groups is 2. The lowest BCUT2D eigenvalue weighted by Gasteiger charge is -2.10. The van der Waals surface area contributed by atoms with E-state index in [9.17, 15) is 0 Å². The van der Waals surface area contributed by atoms with Crippen LogP contribution in [-0.4, -0.2) is 17.5 Å². The van der Waals surface area contributed by atoms with Crippen molar-refractivity contribution in [1.82, 2.24) is 0 Å². The summed E-state index contributed by atoms with van der Waals surface area (Å²) in [7, 11) is 0. The molecular formula is C14H12N4. The summed E-state index contributed by atoms with van der Waals surface area (Å²) in [4.78, 5) is 8.61. The lowest BCUT2D eigenvalue weighted by molar-refractivity contribution is 0.769. The van der Waals surface area contributed by atoms with Crippen molar-refractivity contribution in [2.24, 2.45) is 9.98 Å². The van der Waals surface area contributed by atoms with E-state index in [1.54, 1.807) is 0 Å². The van der Waals surface area contributed by atoms with E-state index in [0.29, 0.717) is 6.42 Å². The van der Waals surface area contributed by atoms with Crippen LogP contribution in [0.5, 0.6) is 0 Å². The second-order valence-corrected chi connectivity index (χ2v) is 4.15. The van der Waals surface area contributed by atoms with Crippen LogP contribution in [0.4, 0.5) is 0 Å². The van der Waals surface area contributed by atoms with Crippen LogP contribution in [0.3, 0.4) is 0 Å². The van der Waals surface area contributed by atoms with Crippen LogP contribution in [-0.2, 0) is 0 Å². The molecule has 2 atom stereocenters. The smallest absolute Gasteiger partial charge is 0.187 e. The predicted molar refractivity (Wildman–Crippen MR) is 69.4 cm³/mol. The molecule has 1 aliphatic heterocycles. The van der Waals surface area contributed by atoms with E-state index in [-0.39, 0.29) is 11.8 Å². The Bertz CT molecular complexity index is 572. The SMILES string of the molecule is CC1=N[C@H](C#N)C(C#N)=N[C@H](c2ccccc2)C1. The number of hydrogen-bond acceptors (Lipinski definition) is 4. The first kappa shape index (κ1) is 12.0. The second-order valence-electron chi connectivity index (χ2n) is 4.15. The van der Waals surface area contributed by atoms with Gasteiger partial charge in [-0.25, -0.2) is 0 Å². The van der Waals surface area contributed by atoms with Gasteiger partial charge in [-0.2, -0.15) is 10.5 Å². The van der Waals surface area contributed by atoms with Crippen LogP contribution in [0.2, 0.25) is 0 Å². The summed E-state index contributed by atoms with van der Waals surface area (Å²) < 4.78 is 0. The number of nitriles is 2. The van der Waals surface area contributed by atoms with Crippen LogP contribution >= 0.6 is 0 Å². The molecule has 0 saturated heterocycles. The van der Waals surface area contributed by atoms with Crippen LogP contribution in [0.1, 0.15) is 24.9 Å². The Morgan fingerprint density at radius 3 is 2.50 bits per heavy atom. The first-order chi connectivity index (χ1) is 8.74. The Morgan fingerprint density at radius 2 is 1.89 bits per heavy atom. The van der Waals surface area contributed by atoms with Gasteiger partial charge in [0.15, 0.2) is 11.8 Å². The topological polar surface area (TPSA) is 72.3 Å². The minimum absolute atomic E-state index is 0.122. The number of nitrogens with zero attached hydrogens (tertiary/aromatic N) is 4. The Labute approximate surface area is 106 Å². The molecule has 1 heterocycles. The van der Waals surface area contributed by atoms with E-state index in [1.807, 2.05) is 49.4 Å². The summed E-state index contributed by atoms with van der Waals surface area (Å²) in [5.41, 5.74) is 2.09. The third kappa shape index (κ3) is 2.44. The summed E-state index contributed by atoms with van der Waals surface area (Å²) >= 11 is 0. The molecule has 2 rings (SSSR count). The quantitative estimate of drug-likeness (QED) is 0.751. The molecule has 4 nitrogen and oxygen atoms in total. The minimum Gasteiger partial charge on any atom is -0.268 e. The molecule has 1 aliphatic rings. The van der Waals surface area contributed by atoms with E-state index < -0.39 is 6.04 Å². The lowest BCUT2D eigenvalue weighted by atomic mass is 10.0. The number of rotatable bonds is 1. The molecule has 0 unspecified atom stereocenters. The zero-order valence-corrected chi connectivity index (χ0v) is 10.0. The number of hydrogen-bond donors (Lipinski definition) is 0. The third-order valence-electron chi connectivity index (χ3n) is 2.81. The molecule has 0 spiro atoms. The Kier molecular flexibility index (Phi) is 3.50. The molecule has 0 radical (unpaired) electrons. The summed E-state index contributed by atoms with van der Waals surface area (Å²) in [6.45, 7) is 1.87. The van der Waals surface area contributed by atoms with Gasteiger partial charge in [0.2, 0.25) is 0 Å². The standard InChI is InChI=1S/C14H12N4/c1-10-7-12(11-5-3-2-4-6-11)18-14(9-16)13(8-15)17-10/h2-6,12-13H,7H2,1H3/t12-,13+/m0/s1. The number of benzene rings is 1. The summed E-state index contributed by atoms with van der Waals surface area (Å²) in [6, 6.07) is 12.9. The van der Waals surface area contributed by atoms with Gasteiger partial charge in [-0.05, 0) is 12.5 Å². The maximum atomic E-state index is 9.07. The molecule has 1 aromatic carbocycles. The fraction of sp³-hybridized carbons (Fsp3) is 0.286. The van der Waals surface area contributed by atoms with Gasteiger partial charge in [-0.1, -0.05) is 30.3 Å². The Balaban J connectivity index is 2.43. The molecule has 88 valence electrons. The molecule has 0 aromatic heterocycles. The van der Waals surface area contributed by atoms with Crippen LogP contribution in [0.15, 0.2) is 40.3 Å². The Morgan fingerprint density at radius 1 is 1.17 bits per heavy atom. The largest absolute Gasteiger partial charge is 0.268 e. The average Bonchev–Trinajstić information content (AvgIpc) is 2.58. The van der Waals surface area contributed by atoms with Crippen LogP contribution in [0, 0.1) is 22.7 Å². The van der Waals surface area contributed by atoms with Gasteiger partial charge in [0.05, 0.1) is 12.1 Å². The van der Waals surface area contributed by atoms with Gasteiger partial charge in [-0.15, -0.1) is 0 Å². The van der Waals surface area contributed by atoms with E-state index >= 15 is 0 Å². The molecule has 4 heteroatoms. The normalized spacial score (nSPS) is 23.1.